The molecule has 3 rings (SSSR count). The van der Waals surface area contributed by atoms with Crippen LogP contribution in [0.2, 0.25) is 0 Å². The van der Waals surface area contributed by atoms with Gasteiger partial charge in [-0.15, -0.1) is 11.3 Å². The standard InChI is InChI=1S/C18H22N2OS/c1-13-9-10-15-6-3-4-7-16(15)20(13)12-18(21)19-14(2)17-8-5-11-22-17/h3-8,11,13-14H,9-10,12H2,1-2H3,(H,19,21)/t13-,14+/m0/s1. The van der Waals surface area contributed by atoms with Gasteiger partial charge in [-0.1, -0.05) is 24.3 Å². The number of aryl methyl sites for hydroxylation is 1. The van der Waals surface area contributed by atoms with Crippen molar-refractivity contribution in [2.24, 2.45) is 0 Å². The summed E-state index contributed by atoms with van der Waals surface area (Å²) in [6.07, 6.45) is 2.20. The molecule has 4 heteroatoms. The Balaban J connectivity index is 1.68. The topological polar surface area (TPSA) is 32.3 Å². The molecule has 1 aliphatic rings. The summed E-state index contributed by atoms with van der Waals surface area (Å²) in [4.78, 5) is 15.9. The molecule has 0 bridgehead atoms. The van der Waals surface area contributed by atoms with Crippen LogP contribution in [0.3, 0.4) is 0 Å². The van der Waals surface area contributed by atoms with Crippen molar-refractivity contribution in [2.45, 2.75) is 38.8 Å². The first-order chi connectivity index (χ1) is 10.6. The highest BCUT2D eigenvalue weighted by Gasteiger charge is 2.25. The molecular formula is C18H22N2OS. The summed E-state index contributed by atoms with van der Waals surface area (Å²) in [7, 11) is 0. The maximum absolute atomic E-state index is 12.4. The van der Waals surface area contributed by atoms with E-state index >= 15 is 0 Å². The van der Waals surface area contributed by atoms with Crippen LogP contribution >= 0.6 is 11.3 Å². The molecule has 1 amide bonds. The van der Waals surface area contributed by atoms with Crippen molar-refractivity contribution < 1.29 is 4.79 Å². The van der Waals surface area contributed by atoms with Crippen molar-refractivity contribution in [3.05, 3.63) is 52.2 Å². The lowest BCUT2D eigenvalue weighted by molar-refractivity contribution is -0.120. The fraction of sp³-hybridized carbons (Fsp3) is 0.389. The molecule has 0 radical (unpaired) electrons. The highest BCUT2D eigenvalue weighted by Crippen LogP contribution is 2.30. The van der Waals surface area contributed by atoms with Gasteiger partial charge in [0.15, 0.2) is 0 Å². The summed E-state index contributed by atoms with van der Waals surface area (Å²) in [6.45, 7) is 4.66. The van der Waals surface area contributed by atoms with Crippen molar-refractivity contribution in [3.8, 4) is 0 Å². The third-order valence-electron chi connectivity index (χ3n) is 4.33. The lowest BCUT2D eigenvalue weighted by Crippen LogP contribution is -2.44. The minimum Gasteiger partial charge on any atom is -0.359 e. The molecule has 0 saturated carbocycles. The number of para-hydroxylation sites is 1. The molecule has 2 heterocycles. The number of nitrogens with one attached hydrogen (secondary N) is 1. The minimum atomic E-state index is 0.0721. The minimum absolute atomic E-state index is 0.0721. The van der Waals surface area contributed by atoms with Gasteiger partial charge in [-0.2, -0.15) is 0 Å². The van der Waals surface area contributed by atoms with Crippen LogP contribution in [-0.4, -0.2) is 18.5 Å². The van der Waals surface area contributed by atoms with Crippen LogP contribution in [0.4, 0.5) is 5.69 Å². The SMILES string of the molecule is C[C@@H](NC(=O)CN1c2ccccc2CC[C@@H]1C)c1cccs1. The van der Waals surface area contributed by atoms with Gasteiger partial charge in [0.05, 0.1) is 12.6 Å². The Hall–Kier alpha value is -1.81. The molecule has 0 fully saturated rings. The number of amides is 1. The van der Waals surface area contributed by atoms with Crippen LogP contribution in [0, 0.1) is 0 Å². The fourth-order valence-electron chi connectivity index (χ4n) is 3.05. The summed E-state index contributed by atoms with van der Waals surface area (Å²) < 4.78 is 0. The Labute approximate surface area is 136 Å². The molecule has 22 heavy (non-hydrogen) atoms. The molecule has 0 unspecified atom stereocenters. The number of fused-ring (bicyclic) bond motifs is 1. The Bertz CT molecular complexity index is 638. The van der Waals surface area contributed by atoms with Gasteiger partial charge in [-0.3, -0.25) is 4.79 Å². The van der Waals surface area contributed by atoms with Crippen LogP contribution in [0.25, 0.3) is 0 Å². The summed E-state index contributed by atoms with van der Waals surface area (Å²) in [5.74, 6) is 0.0875. The lowest BCUT2D eigenvalue weighted by atomic mass is 9.96. The lowest BCUT2D eigenvalue weighted by Gasteiger charge is -2.36. The van der Waals surface area contributed by atoms with Crippen molar-refractivity contribution in [3.63, 3.8) is 0 Å². The van der Waals surface area contributed by atoms with E-state index in [1.807, 2.05) is 18.4 Å². The van der Waals surface area contributed by atoms with E-state index in [0.717, 1.165) is 12.8 Å². The number of rotatable bonds is 4. The second-order valence-corrected chi connectivity index (χ2v) is 6.93. The highest BCUT2D eigenvalue weighted by molar-refractivity contribution is 7.10. The molecule has 2 aromatic rings. The average Bonchev–Trinajstić information content (AvgIpc) is 3.04. The first kappa shape index (κ1) is 15.1. The van der Waals surface area contributed by atoms with Gasteiger partial charge < -0.3 is 10.2 Å². The van der Waals surface area contributed by atoms with Crippen molar-refractivity contribution in [2.75, 3.05) is 11.4 Å². The van der Waals surface area contributed by atoms with E-state index in [1.54, 1.807) is 11.3 Å². The molecule has 0 spiro atoms. The molecule has 3 nitrogen and oxygen atoms in total. The smallest absolute Gasteiger partial charge is 0.240 e. The highest BCUT2D eigenvalue weighted by atomic mass is 32.1. The van der Waals surface area contributed by atoms with Gasteiger partial charge in [0.25, 0.3) is 0 Å². The number of hydrogen-bond acceptors (Lipinski definition) is 3. The molecule has 2 atom stereocenters. The second-order valence-electron chi connectivity index (χ2n) is 5.95. The molecule has 1 aromatic heterocycles. The first-order valence-corrected chi connectivity index (χ1v) is 8.70. The van der Waals surface area contributed by atoms with Crippen molar-refractivity contribution >= 4 is 22.9 Å². The second kappa shape index (κ2) is 6.53. The van der Waals surface area contributed by atoms with Crippen LogP contribution < -0.4 is 10.2 Å². The zero-order valence-electron chi connectivity index (χ0n) is 13.1. The maximum Gasteiger partial charge on any atom is 0.240 e. The number of carbonyl (C=O) groups is 1. The normalized spacial score (nSPS) is 18.6. The first-order valence-electron chi connectivity index (χ1n) is 7.82. The number of carbonyl (C=O) groups excluding carboxylic acids is 1. The van der Waals surface area contributed by atoms with Crippen molar-refractivity contribution in [1.82, 2.24) is 5.32 Å². The number of nitrogens with zero attached hydrogens (tertiary/aromatic N) is 1. The van der Waals surface area contributed by atoms with Crippen LogP contribution in [-0.2, 0) is 11.2 Å². The molecular weight excluding hydrogens is 292 g/mol. The summed E-state index contributed by atoms with van der Waals surface area (Å²) in [6, 6.07) is 13.0. The van der Waals surface area contributed by atoms with Crippen LogP contribution in [0.5, 0.6) is 0 Å². The molecule has 0 aliphatic carbocycles. The van der Waals surface area contributed by atoms with E-state index in [2.05, 4.69) is 47.5 Å². The predicted molar refractivity (Wildman–Crippen MR) is 92.4 cm³/mol. The van der Waals surface area contributed by atoms with Gasteiger partial charge >= 0.3 is 0 Å². The van der Waals surface area contributed by atoms with Gasteiger partial charge in [-0.25, -0.2) is 0 Å². The molecule has 1 N–H and O–H groups in total. The maximum atomic E-state index is 12.4. The quantitative estimate of drug-likeness (QED) is 0.932. The molecule has 1 aliphatic heterocycles. The monoisotopic (exact) mass is 314 g/mol. The van der Waals surface area contributed by atoms with Gasteiger partial charge in [0.2, 0.25) is 5.91 Å². The summed E-state index contributed by atoms with van der Waals surface area (Å²) >= 11 is 1.68. The number of thiophene rings is 1. The zero-order valence-corrected chi connectivity index (χ0v) is 13.9. The molecule has 116 valence electrons. The third-order valence-corrected chi connectivity index (χ3v) is 5.38. The average molecular weight is 314 g/mol. The van der Waals surface area contributed by atoms with Crippen LogP contribution in [0.1, 0.15) is 36.8 Å². The third kappa shape index (κ3) is 3.17. The van der Waals surface area contributed by atoms with Crippen molar-refractivity contribution in [1.29, 1.82) is 0 Å². The summed E-state index contributed by atoms with van der Waals surface area (Å²) in [5.41, 5.74) is 2.56. The summed E-state index contributed by atoms with van der Waals surface area (Å²) in [5, 5.41) is 5.15. The predicted octanol–water partition coefficient (Wildman–Crippen LogP) is 3.77. The van der Waals surface area contributed by atoms with Gasteiger partial charge in [0, 0.05) is 16.6 Å². The van der Waals surface area contributed by atoms with E-state index in [9.17, 15) is 4.79 Å². The van der Waals surface area contributed by atoms with Gasteiger partial charge in [-0.05, 0) is 49.8 Å². The number of benzene rings is 1. The Kier molecular flexibility index (Phi) is 4.48. The van der Waals surface area contributed by atoms with E-state index in [4.69, 9.17) is 0 Å². The van der Waals surface area contributed by atoms with Gasteiger partial charge in [0.1, 0.15) is 0 Å². The van der Waals surface area contributed by atoms with Crippen LogP contribution in [0.15, 0.2) is 41.8 Å². The van der Waals surface area contributed by atoms with E-state index in [1.165, 1.54) is 16.1 Å². The molecule has 1 aromatic carbocycles. The van der Waals surface area contributed by atoms with E-state index < -0.39 is 0 Å². The number of hydrogen-bond donors (Lipinski definition) is 1. The Morgan fingerprint density at radius 2 is 2.18 bits per heavy atom. The largest absolute Gasteiger partial charge is 0.359 e. The fourth-order valence-corrected chi connectivity index (χ4v) is 3.79. The van der Waals surface area contributed by atoms with E-state index in [-0.39, 0.29) is 11.9 Å². The Morgan fingerprint density at radius 1 is 1.36 bits per heavy atom. The zero-order chi connectivity index (χ0) is 15.5. The van der Waals surface area contributed by atoms with E-state index in [0.29, 0.717) is 12.6 Å². The molecule has 0 saturated heterocycles. The number of anilines is 1. The Morgan fingerprint density at radius 3 is 2.95 bits per heavy atom.